The van der Waals surface area contributed by atoms with Gasteiger partial charge in [-0.15, -0.1) is 0 Å². The first kappa shape index (κ1) is 20.4. The standard InChI is InChI=1S/C26H28N2O/c1-19(2)21-14-10-15-23(18-21)26(3,4)28-25(29)27-24-16-9-8-13-22(24)17-20-11-6-5-7-12-20/h5-16,18H,1,17H2,2-4H3,(H2,27,28,29). The molecule has 0 aliphatic carbocycles. The highest BCUT2D eigenvalue weighted by atomic mass is 16.2. The molecule has 3 rings (SSSR count). The van der Waals surface area contributed by atoms with E-state index in [4.69, 9.17) is 0 Å². The minimum absolute atomic E-state index is 0.226. The fourth-order valence-electron chi connectivity index (χ4n) is 3.30. The Morgan fingerprint density at radius 1 is 0.931 bits per heavy atom. The third-order valence-corrected chi connectivity index (χ3v) is 5.01. The maximum Gasteiger partial charge on any atom is 0.319 e. The van der Waals surface area contributed by atoms with Crippen LogP contribution in [0.5, 0.6) is 0 Å². The molecule has 0 radical (unpaired) electrons. The van der Waals surface area contributed by atoms with E-state index in [0.717, 1.165) is 34.4 Å². The van der Waals surface area contributed by atoms with Crippen LogP contribution in [-0.4, -0.2) is 6.03 Å². The third-order valence-electron chi connectivity index (χ3n) is 5.01. The van der Waals surface area contributed by atoms with Gasteiger partial charge in [0.15, 0.2) is 0 Å². The summed E-state index contributed by atoms with van der Waals surface area (Å²) >= 11 is 0. The zero-order valence-corrected chi connectivity index (χ0v) is 17.3. The number of allylic oxidation sites excluding steroid dienone is 1. The van der Waals surface area contributed by atoms with Crippen molar-refractivity contribution < 1.29 is 4.79 Å². The molecule has 3 aromatic rings. The van der Waals surface area contributed by atoms with Crippen molar-refractivity contribution in [1.29, 1.82) is 0 Å². The second kappa shape index (κ2) is 8.78. The first-order valence-corrected chi connectivity index (χ1v) is 9.82. The van der Waals surface area contributed by atoms with Crippen LogP contribution in [0.1, 0.15) is 43.0 Å². The molecule has 0 heterocycles. The number of carbonyl (C=O) groups is 1. The zero-order valence-electron chi connectivity index (χ0n) is 17.3. The lowest BCUT2D eigenvalue weighted by molar-refractivity contribution is 0.242. The quantitative estimate of drug-likeness (QED) is 0.509. The van der Waals surface area contributed by atoms with Crippen molar-refractivity contribution in [3.8, 4) is 0 Å². The van der Waals surface area contributed by atoms with Crippen LogP contribution in [0, 0.1) is 0 Å². The number of amides is 2. The molecule has 29 heavy (non-hydrogen) atoms. The van der Waals surface area contributed by atoms with Gasteiger partial charge >= 0.3 is 6.03 Å². The van der Waals surface area contributed by atoms with Gasteiger partial charge in [-0.2, -0.15) is 0 Å². The van der Waals surface area contributed by atoms with Crippen LogP contribution in [0.2, 0.25) is 0 Å². The monoisotopic (exact) mass is 384 g/mol. The van der Waals surface area contributed by atoms with Crippen LogP contribution in [0.25, 0.3) is 5.57 Å². The summed E-state index contributed by atoms with van der Waals surface area (Å²) < 4.78 is 0. The summed E-state index contributed by atoms with van der Waals surface area (Å²) in [6.07, 6.45) is 0.765. The molecule has 0 bridgehead atoms. The van der Waals surface area contributed by atoms with Gasteiger partial charge in [0.2, 0.25) is 0 Å². The maximum absolute atomic E-state index is 12.8. The van der Waals surface area contributed by atoms with Gasteiger partial charge in [0, 0.05) is 5.69 Å². The Morgan fingerprint density at radius 3 is 2.34 bits per heavy atom. The van der Waals surface area contributed by atoms with Crippen molar-refractivity contribution in [3.05, 3.63) is 108 Å². The predicted octanol–water partition coefficient (Wildman–Crippen LogP) is 6.37. The number of rotatable bonds is 6. The van der Waals surface area contributed by atoms with E-state index in [-0.39, 0.29) is 6.03 Å². The van der Waals surface area contributed by atoms with Crippen molar-refractivity contribution in [2.75, 3.05) is 5.32 Å². The fraction of sp³-hybridized carbons (Fsp3) is 0.192. The van der Waals surface area contributed by atoms with E-state index in [1.165, 1.54) is 5.56 Å². The molecular weight excluding hydrogens is 356 g/mol. The topological polar surface area (TPSA) is 41.1 Å². The number of urea groups is 1. The van der Waals surface area contributed by atoms with E-state index in [1.54, 1.807) is 0 Å². The van der Waals surface area contributed by atoms with Crippen LogP contribution in [0.3, 0.4) is 0 Å². The number of hydrogen-bond donors (Lipinski definition) is 2. The molecule has 0 spiro atoms. The Hall–Kier alpha value is -3.33. The summed E-state index contributed by atoms with van der Waals surface area (Å²) in [5, 5.41) is 6.12. The van der Waals surface area contributed by atoms with Gasteiger partial charge < -0.3 is 10.6 Å². The van der Waals surface area contributed by atoms with Gasteiger partial charge in [0.25, 0.3) is 0 Å². The summed E-state index contributed by atoms with van der Waals surface area (Å²) in [6, 6.07) is 26.1. The van der Waals surface area contributed by atoms with Crippen molar-refractivity contribution >= 4 is 17.3 Å². The molecule has 2 N–H and O–H groups in total. The Kier molecular flexibility index (Phi) is 6.18. The Bertz CT molecular complexity index is 1010. The molecular formula is C26H28N2O. The van der Waals surface area contributed by atoms with Crippen LogP contribution in [0.4, 0.5) is 10.5 Å². The van der Waals surface area contributed by atoms with Crippen LogP contribution >= 0.6 is 0 Å². The van der Waals surface area contributed by atoms with E-state index in [2.05, 4.69) is 35.4 Å². The van der Waals surface area contributed by atoms with Crippen molar-refractivity contribution in [2.24, 2.45) is 0 Å². The lowest BCUT2D eigenvalue weighted by Gasteiger charge is -2.28. The Balaban J connectivity index is 1.74. The lowest BCUT2D eigenvalue weighted by Crippen LogP contribution is -2.43. The SMILES string of the molecule is C=C(C)c1cccc(C(C)(C)NC(=O)Nc2ccccc2Cc2ccccc2)c1. The molecule has 148 valence electrons. The summed E-state index contributed by atoms with van der Waals surface area (Å²) in [6.45, 7) is 9.99. The number of benzene rings is 3. The minimum Gasteiger partial charge on any atom is -0.329 e. The van der Waals surface area contributed by atoms with Crippen LogP contribution in [-0.2, 0) is 12.0 Å². The molecule has 0 saturated heterocycles. The highest BCUT2D eigenvalue weighted by molar-refractivity contribution is 5.90. The number of hydrogen-bond acceptors (Lipinski definition) is 1. The molecule has 0 aromatic heterocycles. The number of nitrogens with one attached hydrogen (secondary N) is 2. The molecule has 0 aliphatic heterocycles. The van der Waals surface area contributed by atoms with E-state index in [1.807, 2.05) is 81.4 Å². The predicted molar refractivity (Wildman–Crippen MR) is 122 cm³/mol. The first-order valence-electron chi connectivity index (χ1n) is 9.82. The molecule has 0 aliphatic rings. The average Bonchev–Trinajstić information content (AvgIpc) is 2.70. The zero-order chi connectivity index (χ0) is 20.9. The maximum atomic E-state index is 12.8. The first-order chi connectivity index (χ1) is 13.8. The van der Waals surface area contributed by atoms with Gasteiger partial charge in [0.1, 0.15) is 0 Å². The van der Waals surface area contributed by atoms with Gasteiger partial charge in [0.05, 0.1) is 5.54 Å². The van der Waals surface area contributed by atoms with Crippen LogP contribution < -0.4 is 10.6 Å². The van der Waals surface area contributed by atoms with E-state index in [0.29, 0.717) is 0 Å². The normalized spacial score (nSPS) is 11.0. The second-order valence-electron chi connectivity index (χ2n) is 7.88. The minimum atomic E-state index is -0.524. The van der Waals surface area contributed by atoms with Gasteiger partial charge in [-0.25, -0.2) is 4.79 Å². The van der Waals surface area contributed by atoms with E-state index in [9.17, 15) is 4.79 Å². The van der Waals surface area contributed by atoms with Crippen molar-refractivity contribution in [2.45, 2.75) is 32.7 Å². The van der Waals surface area contributed by atoms with Crippen molar-refractivity contribution in [1.82, 2.24) is 5.32 Å². The molecule has 0 unspecified atom stereocenters. The van der Waals surface area contributed by atoms with E-state index >= 15 is 0 Å². The summed E-state index contributed by atoms with van der Waals surface area (Å²) in [4.78, 5) is 12.8. The van der Waals surface area contributed by atoms with Gasteiger partial charge in [-0.3, -0.25) is 0 Å². The largest absolute Gasteiger partial charge is 0.329 e. The summed E-state index contributed by atoms with van der Waals surface area (Å²) in [7, 11) is 0. The highest BCUT2D eigenvalue weighted by Gasteiger charge is 2.23. The molecule has 3 aromatic carbocycles. The summed E-state index contributed by atoms with van der Waals surface area (Å²) in [5.74, 6) is 0. The molecule has 0 saturated carbocycles. The smallest absolute Gasteiger partial charge is 0.319 e. The molecule has 3 nitrogen and oxygen atoms in total. The summed E-state index contributed by atoms with van der Waals surface area (Å²) in [5.41, 5.74) is 5.69. The number of anilines is 1. The van der Waals surface area contributed by atoms with E-state index < -0.39 is 5.54 Å². The number of carbonyl (C=O) groups excluding carboxylic acids is 1. The van der Waals surface area contributed by atoms with Crippen LogP contribution in [0.15, 0.2) is 85.4 Å². The Morgan fingerprint density at radius 2 is 1.62 bits per heavy atom. The number of para-hydroxylation sites is 1. The molecule has 0 fully saturated rings. The average molecular weight is 385 g/mol. The second-order valence-corrected chi connectivity index (χ2v) is 7.88. The third kappa shape index (κ3) is 5.35. The Labute approximate surface area is 173 Å². The molecule has 2 amide bonds. The van der Waals surface area contributed by atoms with Gasteiger partial charge in [-0.05, 0) is 61.6 Å². The highest BCUT2D eigenvalue weighted by Crippen LogP contribution is 2.24. The van der Waals surface area contributed by atoms with Gasteiger partial charge in [-0.1, -0.05) is 78.9 Å². The lowest BCUT2D eigenvalue weighted by atomic mass is 9.92. The fourth-order valence-corrected chi connectivity index (χ4v) is 3.30. The van der Waals surface area contributed by atoms with Crippen molar-refractivity contribution in [3.63, 3.8) is 0 Å². The molecule has 3 heteroatoms. The molecule has 0 atom stereocenters.